The number of fused-ring (bicyclic) bond motifs is 1. The summed E-state index contributed by atoms with van der Waals surface area (Å²) in [6, 6.07) is 8.01. The normalized spacial score (nSPS) is 12.7. The van der Waals surface area contributed by atoms with Crippen molar-refractivity contribution in [3.05, 3.63) is 58.7 Å². The fraction of sp³-hybridized carbons (Fsp3) is 0.316. The number of methoxy groups -OCH3 is 1. The lowest BCUT2D eigenvalue weighted by Gasteiger charge is -2.19. The summed E-state index contributed by atoms with van der Waals surface area (Å²) in [7, 11) is 1.40. The lowest BCUT2D eigenvalue weighted by atomic mass is 9.99. The highest BCUT2D eigenvalue weighted by Crippen LogP contribution is 2.25. The zero-order valence-corrected chi connectivity index (χ0v) is 15.2. The summed E-state index contributed by atoms with van der Waals surface area (Å²) in [5.41, 5.74) is 2.47. The second kappa shape index (κ2) is 8.96. The van der Waals surface area contributed by atoms with Crippen LogP contribution in [0.1, 0.15) is 23.1 Å². The smallest absolute Gasteiger partial charge is 0.224 e. The topological polar surface area (TPSA) is 50.4 Å². The molecule has 0 unspecified atom stereocenters. The maximum atomic E-state index is 14.5. The minimum absolute atomic E-state index is 0. The number of hydrogen-bond acceptors (Lipinski definition) is 3. The van der Waals surface area contributed by atoms with Gasteiger partial charge < -0.3 is 15.4 Å². The first kappa shape index (κ1) is 20.1. The van der Waals surface area contributed by atoms with E-state index in [0.29, 0.717) is 30.5 Å². The van der Waals surface area contributed by atoms with Gasteiger partial charge in [-0.3, -0.25) is 4.79 Å². The third kappa shape index (κ3) is 4.51. The van der Waals surface area contributed by atoms with Crippen molar-refractivity contribution in [1.29, 1.82) is 0 Å². The molecule has 7 heteroatoms. The van der Waals surface area contributed by atoms with E-state index in [2.05, 4.69) is 10.6 Å². The maximum absolute atomic E-state index is 14.5. The van der Waals surface area contributed by atoms with Crippen LogP contribution in [0.5, 0.6) is 5.75 Å². The van der Waals surface area contributed by atoms with Crippen LogP contribution in [0.25, 0.3) is 0 Å². The zero-order chi connectivity index (χ0) is 17.8. The van der Waals surface area contributed by atoms with Crippen molar-refractivity contribution in [2.45, 2.75) is 25.8 Å². The quantitative estimate of drug-likeness (QED) is 0.830. The number of aryl methyl sites for hydroxylation is 1. The molecule has 3 rings (SSSR count). The molecule has 1 amide bonds. The summed E-state index contributed by atoms with van der Waals surface area (Å²) in [5.74, 6) is -0.958. The Morgan fingerprint density at radius 3 is 2.81 bits per heavy atom. The van der Waals surface area contributed by atoms with Crippen molar-refractivity contribution in [1.82, 2.24) is 5.32 Å². The van der Waals surface area contributed by atoms with E-state index in [1.807, 2.05) is 6.07 Å². The van der Waals surface area contributed by atoms with Crippen LogP contribution >= 0.6 is 12.4 Å². The van der Waals surface area contributed by atoms with Crippen LogP contribution in [0.4, 0.5) is 14.5 Å². The molecule has 0 aromatic heterocycles. The van der Waals surface area contributed by atoms with Crippen molar-refractivity contribution >= 4 is 24.0 Å². The van der Waals surface area contributed by atoms with Gasteiger partial charge in [-0.1, -0.05) is 12.1 Å². The van der Waals surface area contributed by atoms with Gasteiger partial charge in [-0.15, -0.1) is 12.4 Å². The molecule has 0 saturated carbocycles. The van der Waals surface area contributed by atoms with E-state index in [1.165, 1.54) is 19.2 Å². The van der Waals surface area contributed by atoms with Crippen LogP contribution in [-0.2, 0) is 24.2 Å². The van der Waals surface area contributed by atoms with Gasteiger partial charge in [0.15, 0.2) is 11.6 Å². The van der Waals surface area contributed by atoms with Crippen molar-refractivity contribution in [3.63, 3.8) is 0 Å². The monoisotopic (exact) mass is 382 g/mol. The molecule has 0 spiro atoms. The Morgan fingerprint density at radius 1 is 1.27 bits per heavy atom. The van der Waals surface area contributed by atoms with Gasteiger partial charge in [0.2, 0.25) is 5.91 Å². The summed E-state index contributed by atoms with van der Waals surface area (Å²) in [6.45, 7) is 1.37. The van der Waals surface area contributed by atoms with E-state index < -0.39 is 5.82 Å². The molecular weight excluding hydrogens is 362 g/mol. The lowest BCUT2D eigenvalue weighted by molar-refractivity contribution is -0.116. The van der Waals surface area contributed by atoms with E-state index in [-0.39, 0.29) is 42.0 Å². The second-order valence-electron chi connectivity index (χ2n) is 6.01. The van der Waals surface area contributed by atoms with Crippen molar-refractivity contribution in [3.8, 4) is 5.75 Å². The van der Waals surface area contributed by atoms with Crippen LogP contribution in [0.15, 0.2) is 30.3 Å². The van der Waals surface area contributed by atoms with Gasteiger partial charge in [0.1, 0.15) is 5.82 Å². The summed E-state index contributed by atoms with van der Waals surface area (Å²) < 4.78 is 33.0. The summed E-state index contributed by atoms with van der Waals surface area (Å²) in [6.07, 6.45) is 1.11. The molecule has 2 aromatic carbocycles. The van der Waals surface area contributed by atoms with E-state index in [1.54, 1.807) is 12.1 Å². The Hall–Kier alpha value is -2.18. The standard InChI is InChI=1S/C19H20F2N2O2.ClH/c1-25-17-6-2-12(10-15(17)20)3-7-18(24)23-16-5-4-13-11-22-9-8-14(13)19(16)21;/h2,4-6,10,22H,3,7-9,11H2,1H3,(H,23,24);1H. The highest BCUT2D eigenvalue weighted by atomic mass is 35.5. The summed E-state index contributed by atoms with van der Waals surface area (Å²) in [4.78, 5) is 12.1. The minimum Gasteiger partial charge on any atom is -0.494 e. The molecule has 1 aliphatic heterocycles. The molecule has 0 atom stereocenters. The molecule has 4 nitrogen and oxygen atoms in total. The molecule has 0 fully saturated rings. The summed E-state index contributed by atoms with van der Waals surface area (Å²) >= 11 is 0. The predicted octanol–water partition coefficient (Wildman–Crippen LogP) is 3.61. The molecule has 0 radical (unpaired) electrons. The number of amides is 1. The molecule has 0 saturated heterocycles. The molecule has 1 aliphatic rings. The highest BCUT2D eigenvalue weighted by Gasteiger charge is 2.17. The third-order valence-electron chi connectivity index (χ3n) is 4.34. The number of benzene rings is 2. The lowest BCUT2D eigenvalue weighted by Crippen LogP contribution is -2.25. The first-order chi connectivity index (χ1) is 12.1. The van der Waals surface area contributed by atoms with Gasteiger partial charge in [-0.05, 0) is 54.3 Å². The number of rotatable bonds is 5. The van der Waals surface area contributed by atoms with Crippen LogP contribution in [0.3, 0.4) is 0 Å². The first-order valence-electron chi connectivity index (χ1n) is 8.21. The fourth-order valence-corrected chi connectivity index (χ4v) is 2.97. The van der Waals surface area contributed by atoms with Crippen LogP contribution in [0, 0.1) is 11.6 Å². The van der Waals surface area contributed by atoms with E-state index >= 15 is 0 Å². The molecule has 26 heavy (non-hydrogen) atoms. The van der Waals surface area contributed by atoms with Crippen molar-refractivity contribution in [2.24, 2.45) is 0 Å². The Labute approximate surface area is 157 Å². The largest absolute Gasteiger partial charge is 0.494 e. The van der Waals surface area contributed by atoms with Crippen molar-refractivity contribution < 1.29 is 18.3 Å². The number of ether oxygens (including phenoxy) is 1. The fourth-order valence-electron chi connectivity index (χ4n) is 2.97. The zero-order valence-electron chi connectivity index (χ0n) is 14.4. The minimum atomic E-state index is -0.463. The van der Waals surface area contributed by atoms with E-state index in [9.17, 15) is 13.6 Å². The van der Waals surface area contributed by atoms with Gasteiger partial charge in [-0.2, -0.15) is 0 Å². The molecule has 0 aliphatic carbocycles. The van der Waals surface area contributed by atoms with Crippen LogP contribution in [0.2, 0.25) is 0 Å². The first-order valence-corrected chi connectivity index (χ1v) is 8.21. The molecule has 140 valence electrons. The molecule has 1 heterocycles. The Balaban J connectivity index is 0.00000243. The molecule has 2 N–H and O–H groups in total. The van der Waals surface area contributed by atoms with Crippen molar-refractivity contribution in [2.75, 3.05) is 19.0 Å². The number of nitrogens with one attached hydrogen (secondary N) is 2. The second-order valence-corrected chi connectivity index (χ2v) is 6.01. The van der Waals surface area contributed by atoms with Gasteiger partial charge in [0, 0.05) is 13.0 Å². The van der Waals surface area contributed by atoms with Crippen LogP contribution < -0.4 is 15.4 Å². The summed E-state index contributed by atoms with van der Waals surface area (Å²) in [5, 5.41) is 5.80. The number of carbonyl (C=O) groups excluding carboxylic acids is 1. The van der Waals surface area contributed by atoms with E-state index in [4.69, 9.17) is 4.74 Å². The molecular formula is C19H21ClF2N2O2. The predicted molar refractivity (Wildman–Crippen MR) is 99.0 cm³/mol. The Bertz CT molecular complexity index is 799. The number of carbonyl (C=O) groups is 1. The molecule has 0 bridgehead atoms. The number of anilines is 1. The molecule has 2 aromatic rings. The Morgan fingerprint density at radius 2 is 2.08 bits per heavy atom. The van der Waals surface area contributed by atoms with Gasteiger partial charge >= 0.3 is 0 Å². The average Bonchev–Trinajstić information content (AvgIpc) is 2.63. The average molecular weight is 383 g/mol. The number of hydrogen-bond donors (Lipinski definition) is 2. The SMILES string of the molecule is COc1ccc(CCC(=O)Nc2ccc3c(c2F)CCNC3)cc1F.Cl. The highest BCUT2D eigenvalue weighted by molar-refractivity contribution is 5.91. The van der Waals surface area contributed by atoms with Gasteiger partial charge in [0.05, 0.1) is 12.8 Å². The maximum Gasteiger partial charge on any atom is 0.224 e. The number of halogens is 3. The van der Waals surface area contributed by atoms with Gasteiger partial charge in [0.25, 0.3) is 0 Å². The third-order valence-corrected chi connectivity index (χ3v) is 4.34. The van der Waals surface area contributed by atoms with E-state index in [0.717, 1.165) is 12.1 Å². The van der Waals surface area contributed by atoms with Crippen LogP contribution in [-0.4, -0.2) is 19.6 Å². The Kier molecular flexibility index (Phi) is 6.94. The van der Waals surface area contributed by atoms with Gasteiger partial charge in [-0.25, -0.2) is 8.78 Å².